The molecule has 0 atom stereocenters. The van der Waals surface area contributed by atoms with Gasteiger partial charge >= 0.3 is 0 Å². The third-order valence-electron chi connectivity index (χ3n) is 2.80. The highest BCUT2D eigenvalue weighted by Gasteiger charge is 2.13. The van der Waals surface area contributed by atoms with Crippen LogP contribution in [0, 0.1) is 34.3 Å². The number of nitriles is 2. The van der Waals surface area contributed by atoms with Crippen LogP contribution in [0.4, 0.5) is 20.3 Å². The summed E-state index contributed by atoms with van der Waals surface area (Å²) in [6.07, 6.45) is 0. The Labute approximate surface area is 139 Å². The van der Waals surface area contributed by atoms with Crippen molar-refractivity contribution in [2.75, 3.05) is 16.8 Å². The molecular weight excluding hydrogens is 336 g/mol. The molecule has 9 heteroatoms. The van der Waals surface area contributed by atoms with E-state index in [9.17, 15) is 13.6 Å². The molecule has 0 aliphatic rings. The summed E-state index contributed by atoms with van der Waals surface area (Å²) >= 11 is 0.910. The number of carbonyl (C=O) groups is 1. The maximum atomic E-state index is 13.5. The van der Waals surface area contributed by atoms with Crippen molar-refractivity contribution in [1.29, 1.82) is 10.5 Å². The number of carbonyl (C=O) groups excluding carboxylic acids is 1. The molecule has 0 saturated carbocycles. The van der Waals surface area contributed by atoms with Crippen molar-refractivity contribution >= 4 is 29.2 Å². The van der Waals surface area contributed by atoms with Crippen LogP contribution >= 0.6 is 11.8 Å². The first-order chi connectivity index (χ1) is 11.4. The molecular formula is C15H9F2N5OS. The highest BCUT2D eigenvalue weighted by Crippen LogP contribution is 2.24. The smallest absolute Gasteiger partial charge is 0.234 e. The predicted molar refractivity (Wildman–Crippen MR) is 83.8 cm³/mol. The van der Waals surface area contributed by atoms with Crippen molar-refractivity contribution < 1.29 is 13.6 Å². The number of hydrogen-bond acceptors (Lipinski definition) is 6. The average molecular weight is 345 g/mol. The quantitative estimate of drug-likeness (QED) is 0.822. The number of rotatable bonds is 4. The van der Waals surface area contributed by atoms with Crippen LogP contribution in [0.5, 0.6) is 0 Å². The molecule has 1 heterocycles. The number of aromatic nitrogens is 1. The van der Waals surface area contributed by atoms with E-state index >= 15 is 0 Å². The zero-order chi connectivity index (χ0) is 17.7. The third kappa shape index (κ3) is 3.97. The fourth-order valence-electron chi connectivity index (χ4n) is 1.70. The van der Waals surface area contributed by atoms with Gasteiger partial charge < -0.3 is 11.1 Å². The van der Waals surface area contributed by atoms with E-state index in [2.05, 4.69) is 10.3 Å². The Morgan fingerprint density at radius 1 is 1.25 bits per heavy atom. The lowest BCUT2D eigenvalue weighted by atomic mass is 10.2. The molecule has 24 heavy (non-hydrogen) atoms. The number of anilines is 2. The average Bonchev–Trinajstić information content (AvgIpc) is 2.55. The summed E-state index contributed by atoms with van der Waals surface area (Å²) in [5.74, 6) is -2.45. The van der Waals surface area contributed by atoms with Crippen molar-refractivity contribution in [2.45, 2.75) is 5.03 Å². The lowest BCUT2D eigenvalue weighted by Crippen LogP contribution is -2.15. The normalized spacial score (nSPS) is 9.83. The summed E-state index contributed by atoms with van der Waals surface area (Å²) < 4.78 is 26.3. The number of benzene rings is 1. The summed E-state index contributed by atoms with van der Waals surface area (Å²) in [6.45, 7) is 0. The molecule has 1 aromatic carbocycles. The Hall–Kier alpha value is -3.17. The molecule has 120 valence electrons. The molecule has 2 rings (SSSR count). The number of hydrogen-bond donors (Lipinski definition) is 2. The van der Waals surface area contributed by atoms with Crippen molar-refractivity contribution in [3.8, 4) is 12.1 Å². The summed E-state index contributed by atoms with van der Waals surface area (Å²) in [7, 11) is 0. The van der Waals surface area contributed by atoms with Crippen LogP contribution in [0.2, 0.25) is 0 Å². The summed E-state index contributed by atoms with van der Waals surface area (Å²) in [6, 6.07) is 7.72. The van der Waals surface area contributed by atoms with Gasteiger partial charge in [-0.2, -0.15) is 10.5 Å². The van der Waals surface area contributed by atoms with Gasteiger partial charge in [0.25, 0.3) is 0 Å². The van der Waals surface area contributed by atoms with Gasteiger partial charge in [0.05, 0.1) is 22.6 Å². The molecule has 0 unspecified atom stereocenters. The molecule has 0 spiro atoms. The van der Waals surface area contributed by atoms with Crippen molar-refractivity contribution in [3.05, 3.63) is 47.0 Å². The van der Waals surface area contributed by atoms with Crippen LogP contribution in [0.3, 0.4) is 0 Å². The Bertz CT molecular complexity index is 889. The van der Waals surface area contributed by atoms with E-state index in [4.69, 9.17) is 16.3 Å². The number of nitrogens with two attached hydrogens (primary N) is 1. The minimum absolute atomic E-state index is 0.0519. The molecule has 1 amide bonds. The van der Waals surface area contributed by atoms with Gasteiger partial charge in [0.1, 0.15) is 34.6 Å². The fraction of sp³-hybridized carbons (Fsp3) is 0.0667. The Morgan fingerprint density at radius 2 is 1.96 bits per heavy atom. The van der Waals surface area contributed by atoms with E-state index in [1.807, 2.05) is 6.07 Å². The second kappa shape index (κ2) is 7.40. The number of halogens is 2. The number of nitrogen functional groups attached to an aromatic ring is 1. The van der Waals surface area contributed by atoms with Crippen molar-refractivity contribution in [2.24, 2.45) is 0 Å². The largest absolute Gasteiger partial charge is 0.383 e. The minimum atomic E-state index is -0.896. The Balaban J connectivity index is 2.08. The monoisotopic (exact) mass is 345 g/mol. The van der Waals surface area contributed by atoms with Crippen LogP contribution < -0.4 is 11.1 Å². The molecule has 3 N–H and O–H groups in total. The molecule has 0 radical (unpaired) electrons. The first-order valence-corrected chi connectivity index (χ1v) is 7.41. The molecule has 0 aliphatic carbocycles. The third-order valence-corrected chi connectivity index (χ3v) is 3.79. The van der Waals surface area contributed by atoms with Crippen molar-refractivity contribution in [1.82, 2.24) is 4.98 Å². The second-order valence-corrected chi connectivity index (χ2v) is 5.42. The van der Waals surface area contributed by atoms with Gasteiger partial charge in [-0.05, 0) is 18.2 Å². The van der Waals surface area contributed by atoms with E-state index in [0.29, 0.717) is 6.07 Å². The number of nitrogens with one attached hydrogen (secondary N) is 1. The molecule has 0 bridgehead atoms. The van der Waals surface area contributed by atoms with Crippen molar-refractivity contribution in [3.63, 3.8) is 0 Å². The van der Waals surface area contributed by atoms with Crippen LogP contribution in [-0.2, 0) is 4.79 Å². The molecule has 0 aliphatic heterocycles. The predicted octanol–water partition coefficient (Wildman–Crippen LogP) is 2.42. The van der Waals surface area contributed by atoms with Gasteiger partial charge in [-0.15, -0.1) is 0 Å². The number of pyridine rings is 1. The topological polar surface area (TPSA) is 116 Å². The van der Waals surface area contributed by atoms with Crippen LogP contribution in [0.1, 0.15) is 11.1 Å². The van der Waals surface area contributed by atoms with Gasteiger partial charge in [-0.1, -0.05) is 11.8 Å². The van der Waals surface area contributed by atoms with E-state index in [1.165, 1.54) is 6.07 Å². The lowest BCUT2D eigenvalue weighted by molar-refractivity contribution is -0.113. The molecule has 6 nitrogen and oxygen atoms in total. The second-order valence-electron chi connectivity index (χ2n) is 4.46. The van der Waals surface area contributed by atoms with E-state index < -0.39 is 17.5 Å². The first kappa shape index (κ1) is 17.2. The first-order valence-electron chi connectivity index (χ1n) is 6.43. The van der Waals surface area contributed by atoms with Gasteiger partial charge in [0.2, 0.25) is 5.91 Å². The van der Waals surface area contributed by atoms with Gasteiger partial charge in [-0.3, -0.25) is 4.79 Å². The van der Waals surface area contributed by atoms with E-state index in [-0.39, 0.29) is 33.4 Å². The molecule has 0 fully saturated rings. The minimum Gasteiger partial charge on any atom is -0.383 e. The van der Waals surface area contributed by atoms with E-state index in [0.717, 1.165) is 23.9 Å². The van der Waals surface area contributed by atoms with Gasteiger partial charge in [-0.25, -0.2) is 13.8 Å². The summed E-state index contributed by atoms with van der Waals surface area (Å²) in [4.78, 5) is 15.8. The Morgan fingerprint density at radius 3 is 2.58 bits per heavy atom. The fourth-order valence-corrected chi connectivity index (χ4v) is 2.46. The van der Waals surface area contributed by atoms with Gasteiger partial charge in [0, 0.05) is 6.07 Å². The maximum absolute atomic E-state index is 13.5. The number of nitrogens with zero attached hydrogens (tertiary/aromatic N) is 3. The summed E-state index contributed by atoms with van der Waals surface area (Å²) in [5.41, 5.74) is 5.59. The van der Waals surface area contributed by atoms with Gasteiger partial charge in [0.15, 0.2) is 0 Å². The maximum Gasteiger partial charge on any atom is 0.234 e. The molecule has 2 aromatic rings. The number of amides is 1. The summed E-state index contributed by atoms with van der Waals surface area (Å²) in [5, 5.41) is 20.4. The SMILES string of the molecule is N#Cc1cc(C#N)c(SCC(=O)Nc2ccc(F)cc2F)nc1N. The highest BCUT2D eigenvalue weighted by atomic mass is 32.2. The molecule has 1 aromatic heterocycles. The number of thioether (sulfide) groups is 1. The molecule has 0 saturated heterocycles. The highest BCUT2D eigenvalue weighted by molar-refractivity contribution is 8.00. The van der Waals surface area contributed by atoms with E-state index in [1.54, 1.807) is 6.07 Å². The zero-order valence-corrected chi connectivity index (χ0v) is 12.8. The zero-order valence-electron chi connectivity index (χ0n) is 12.0. The van der Waals surface area contributed by atoms with Crippen LogP contribution in [0.25, 0.3) is 0 Å². The standard InChI is InChI=1S/C15H9F2N5OS/c16-10-1-2-12(11(17)4-10)21-13(23)7-24-15-9(6-19)3-8(5-18)14(20)22-15/h1-4H,7H2,(H2,20,22)(H,21,23). The Kier molecular flexibility index (Phi) is 5.30. The lowest BCUT2D eigenvalue weighted by Gasteiger charge is -2.07. The van der Waals surface area contributed by atoms with Crippen LogP contribution in [-0.4, -0.2) is 16.6 Å². The van der Waals surface area contributed by atoms with Crippen LogP contribution in [0.15, 0.2) is 29.3 Å².